The summed E-state index contributed by atoms with van der Waals surface area (Å²) < 4.78 is 10.2. The predicted molar refractivity (Wildman–Crippen MR) is 109 cm³/mol. The average molecular weight is 408 g/mol. The Morgan fingerprint density at radius 2 is 1.90 bits per heavy atom. The molecule has 0 aliphatic heterocycles. The second kappa shape index (κ2) is 10.4. The van der Waals surface area contributed by atoms with E-state index in [1.807, 2.05) is 6.07 Å². The van der Waals surface area contributed by atoms with Gasteiger partial charge in [0.15, 0.2) is 6.10 Å². The zero-order valence-corrected chi connectivity index (χ0v) is 16.4. The molecule has 2 N–H and O–H groups in total. The molecule has 1 unspecified atom stereocenters. The number of hydrogen-bond donors (Lipinski definition) is 2. The third-order valence-corrected chi connectivity index (χ3v) is 3.85. The van der Waals surface area contributed by atoms with E-state index in [0.717, 1.165) is 0 Å². The van der Waals surface area contributed by atoms with Gasteiger partial charge < -0.3 is 19.9 Å². The van der Waals surface area contributed by atoms with Gasteiger partial charge in [0.1, 0.15) is 17.4 Å². The number of esters is 1. The van der Waals surface area contributed by atoms with Crippen molar-refractivity contribution in [2.75, 3.05) is 11.9 Å². The Labute approximate surface area is 173 Å². The molecule has 0 saturated carbocycles. The molecule has 0 heterocycles. The number of carbonyl (C=O) groups is 3. The maximum atomic E-state index is 12.4. The van der Waals surface area contributed by atoms with Crippen LogP contribution in [0.1, 0.15) is 29.8 Å². The van der Waals surface area contributed by atoms with E-state index in [1.165, 1.54) is 43.3 Å². The van der Waals surface area contributed by atoms with E-state index in [-0.39, 0.29) is 12.2 Å². The van der Waals surface area contributed by atoms with Crippen LogP contribution in [0.4, 0.5) is 5.69 Å². The van der Waals surface area contributed by atoms with Gasteiger partial charge in [0.25, 0.3) is 5.91 Å². The third kappa shape index (κ3) is 6.21. The van der Waals surface area contributed by atoms with E-state index in [2.05, 4.69) is 5.32 Å². The molecular weight excluding hydrogens is 388 g/mol. The Kier molecular flexibility index (Phi) is 7.71. The molecular formula is C22H20N2O6. The molecule has 0 aliphatic carbocycles. The summed E-state index contributed by atoms with van der Waals surface area (Å²) in [6, 6.07) is 14.3. The number of nitrogens with one attached hydrogen (secondary N) is 1. The second-order valence-electron chi connectivity index (χ2n) is 6.09. The number of carboxylic acid groups (broad SMARTS) is 1. The van der Waals surface area contributed by atoms with Crippen LogP contribution in [0.2, 0.25) is 0 Å². The zero-order chi connectivity index (χ0) is 22.1. The molecule has 0 bridgehead atoms. The maximum absolute atomic E-state index is 12.4. The number of benzene rings is 2. The van der Waals surface area contributed by atoms with Gasteiger partial charge in [0.05, 0.1) is 12.2 Å². The fourth-order valence-electron chi connectivity index (χ4n) is 2.35. The molecule has 0 saturated heterocycles. The van der Waals surface area contributed by atoms with Crippen molar-refractivity contribution in [2.24, 2.45) is 0 Å². The highest BCUT2D eigenvalue weighted by molar-refractivity contribution is 6.09. The SMILES string of the molecule is CCOC(=O)c1ccc(NC(=O)/C(C#N)=C\c2cccc(OC(C)C(=O)O)c2)cc1. The molecule has 1 atom stereocenters. The monoisotopic (exact) mass is 408 g/mol. The third-order valence-electron chi connectivity index (χ3n) is 3.85. The number of nitrogens with zero attached hydrogens (tertiary/aromatic N) is 1. The van der Waals surface area contributed by atoms with Gasteiger partial charge in [-0.2, -0.15) is 5.26 Å². The maximum Gasteiger partial charge on any atom is 0.344 e. The van der Waals surface area contributed by atoms with Crippen molar-refractivity contribution in [1.29, 1.82) is 5.26 Å². The van der Waals surface area contributed by atoms with Crippen molar-refractivity contribution in [2.45, 2.75) is 20.0 Å². The first-order chi connectivity index (χ1) is 14.3. The van der Waals surface area contributed by atoms with Crippen LogP contribution in [-0.4, -0.2) is 35.7 Å². The Morgan fingerprint density at radius 3 is 2.50 bits per heavy atom. The Morgan fingerprint density at radius 1 is 1.20 bits per heavy atom. The minimum Gasteiger partial charge on any atom is -0.479 e. The fraction of sp³-hybridized carbons (Fsp3) is 0.182. The smallest absolute Gasteiger partial charge is 0.344 e. The predicted octanol–water partition coefficient (Wildman–Crippen LogP) is 3.26. The largest absolute Gasteiger partial charge is 0.479 e. The normalized spacial score (nSPS) is 11.7. The van der Waals surface area contributed by atoms with Crippen molar-refractivity contribution in [3.05, 3.63) is 65.2 Å². The van der Waals surface area contributed by atoms with Crippen LogP contribution in [-0.2, 0) is 14.3 Å². The number of amides is 1. The first kappa shape index (κ1) is 22.2. The number of ether oxygens (including phenoxy) is 2. The van der Waals surface area contributed by atoms with E-state index < -0.39 is 23.9 Å². The van der Waals surface area contributed by atoms with Gasteiger partial charge in [-0.15, -0.1) is 0 Å². The Bertz CT molecular complexity index is 1010. The van der Waals surface area contributed by atoms with Crippen molar-refractivity contribution >= 4 is 29.6 Å². The van der Waals surface area contributed by atoms with Crippen LogP contribution >= 0.6 is 0 Å². The van der Waals surface area contributed by atoms with Crippen LogP contribution in [0.15, 0.2) is 54.1 Å². The van der Waals surface area contributed by atoms with Crippen molar-refractivity contribution < 1.29 is 29.0 Å². The summed E-state index contributed by atoms with van der Waals surface area (Å²) in [5.41, 5.74) is 1.09. The lowest BCUT2D eigenvalue weighted by Gasteiger charge is -2.10. The van der Waals surface area contributed by atoms with Gasteiger partial charge in [-0.3, -0.25) is 4.79 Å². The Hall–Kier alpha value is -4.12. The molecule has 2 aromatic rings. The number of aliphatic carboxylic acids is 1. The summed E-state index contributed by atoms with van der Waals surface area (Å²) >= 11 is 0. The zero-order valence-electron chi connectivity index (χ0n) is 16.4. The molecule has 2 rings (SSSR count). The van der Waals surface area contributed by atoms with E-state index in [9.17, 15) is 19.6 Å². The quantitative estimate of drug-likeness (QED) is 0.390. The molecule has 0 aromatic heterocycles. The number of nitriles is 1. The van der Waals surface area contributed by atoms with Gasteiger partial charge in [0, 0.05) is 5.69 Å². The van der Waals surface area contributed by atoms with Crippen LogP contribution in [0, 0.1) is 11.3 Å². The number of carbonyl (C=O) groups excluding carboxylic acids is 2. The van der Waals surface area contributed by atoms with Gasteiger partial charge >= 0.3 is 11.9 Å². The lowest BCUT2D eigenvalue weighted by atomic mass is 10.1. The van der Waals surface area contributed by atoms with E-state index in [0.29, 0.717) is 22.6 Å². The van der Waals surface area contributed by atoms with Crippen LogP contribution < -0.4 is 10.1 Å². The number of carboxylic acids is 1. The molecule has 0 aliphatic rings. The molecule has 154 valence electrons. The summed E-state index contributed by atoms with van der Waals surface area (Å²) in [5, 5.41) is 20.9. The highest BCUT2D eigenvalue weighted by Gasteiger charge is 2.14. The summed E-state index contributed by atoms with van der Waals surface area (Å²) in [6.07, 6.45) is 0.321. The fourth-order valence-corrected chi connectivity index (χ4v) is 2.35. The van der Waals surface area contributed by atoms with E-state index >= 15 is 0 Å². The van der Waals surface area contributed by atoms with Crippen molar-refractivity contribution in [3.63, 3.8) is 0 Å². The highest BCUT2D eigenvalue weighted by atomic mass is 16.5. The summed E-state index contributed by atoms with van der Waals surface area (Å²) in [5.74, 6) is -1.91. The first-order valence-electron chi connectivity index (χ1n) is 9.04. The number of hydrogen-bond acceptors (Lipinski definition) is 6. The minimum absolute atomic E-state index is 0.159. The molecule has 30 heavy (non-hydrogen) atoms. The van der Waals surface area contributed by atoms with E-state index in [1.54, 1.807) is 25.1 Å². The van der Waals surface area contributed by atoms with Crippen molar-refractivity contribution in [3.8, 4) is 11.8 Å². The molecule has 0 radical (unpaired) electrons. The molecule has 1 amide bonds. The van der Waals surface area contributed by atoms with Crippen LogP contribution in [0.3, 0.4) is 0 Å². The van der Waals surface area contributed by atoms with Crippen molar-refractivity contribution in [1.82, 2.24) is 0 Å². The summed E-state index contributed by atoms with van der Waals surface area (Å²) in [6.45, 7) is 3.36. The molecule has 8 heteroatoms. The van der Waals surface area contributed by atoms with Gasteiger partial charge in [-0.25, -0.2) is 9.59 Å². The number of anilines is 1. The van der Waals surface area contributed by atoms with Gasteiger partial charge in [-0.1, -0.05) is 12.1 Å². The van der Waals surface area contributed by atoms with Gasteiger partial charge in [0.2, 0.25) is 0 Å². The lowest BCUT2D eigenvalue weighted by Crippen LogP contribution is -2.22. The molecule has 2 aromatic carbocycles. The standard InChI is InChI=1S/C22H20N2O6/c1-3-29-22(28)16-7-9-18(10-8-16)24-20(25)17(13-23)11-15-5-4-6-19(12-15)30-14(2)21(26)27/h4-12,14H,3H2,1-2H3,(H,24,25)(H,26,27)/b17-11-. The van der Waals surface area contributed by atoms with Crippen LogP contribution in [0.5, 0.6) is 5.75 Å². The molecule has 0 fully saturated rings. The highest BCUT2D eigenvalue weighted by Crippen LogP contribution is 2.18. The second-order valence-corrected chi connectivity index (χ2v) is 6.09. The minimum atomic E-state index is -1.11. The van der Waals surface area contributed by atoms with Crippen LogP contribution in [0.25, 0.3) is 6.08 Å². The summed E-state index contributed by atoms with van der Waals surface area (Å²) in [7, 11) is 0. The topological polar surface area (TPSA) is 126 Å². The molecule has 8 nitrogen and oxygen atoms in total. The summed E-state index contributed by atoms with van der Waals surface area (Å²) in [4.78, 5) is 35.0. The molecule has 0 spiro atoms. The van der Waals surface area contributed by atoms with Gasteiger partial charge in [-0.05, 0) is 61.9 Å². The average Bonchev–Trinajstić information content (AvgIpc) is 2.72. The first-order valence-corrected chi connectivity index (χ1v) is 9.04. The number of rotatable bonds is 8. The van der Waals surface area contributed by atoms with E-state index in [4.69, 9.17) is 14.6 Å². The Balaban J connectivity index is 2.13. The lowest BCUT2D eigenvalue weighted by molar-refractivity contribution is -0.144.